The van der Waals surface area contributed by atoms with Crippen LogP contribution in [0.2, 0.25) is 5.02 Å². The van der Waals surface area contributed by atoms with Crippen molar-refractivity contribution in [3.8, 4) is 0 Å². The summed E-state index contributed by atoms with van der Waals surface area (Å²) >= 11 is 5.83. The molecule has 160 valence electrons. The molecule has 3 rings (SSSR count). The molecule has 1 aromatic carbocycles. The number of benzene rings is 1. The largest absolute Gasteiger partial charge is 0.392 e. The van der Waals surface area contributed by atoms with E-state index < -0.39 is 5.91 Å². The van der Waals surface area contributed by atoms with Gasteiger partial charge < -0.3 is 20.6 Å². The maximum Gasteiger partial charge on any atom is 0.258 e. The molecule has 1 aromatic heterocycles. The Bertz CT molecular complexity index is 894. The van der Waals surface area contributed by atoms with E-state index in [0.717, 1.165) is 25.9 Å². The van der Waals surface area contributed by atoms with Crippen LogP contribution >= 0.6 is 11.6 Å². The molecular weight excluding hydrogens is 404 g/mol. The van der Waals surface area contributed by atoms with Crippen molar-refractivity contribution in [1.29, 1.82) is 0 Å². The molecule has 0 radical (unpaired) electrons. The number of likely N-dealkylation sites (tertiary alicyclic amines) is 1. The highest BCUT2D eigenvalue weighted by Crippen LogP contribution is 2.24. The average molecular weight is 431 g/mol. The molecule has 0 atom stereocenters. The van der Waals surface area contributed by atoms with Gasteiger partial charge in [0.1, 0.15) is 5.82 Å². The number of aliphatic hydroxyl groups excluding tert-OH is 1. The first kappa shape index (κ1) is 22.2. The molecule has 3 N–H and O–H groups in total. The molecule has 1 aliphatic rings. The van der Waals surface area contributed by atoms with E-state index in [-0.39, 0.29) is 24.0 Å². The maximum atomic E-state index is 12.8. The van der Waals surface area contributed by atoms with Crippen LogP contribution in [0.5, 0.6) is 0 Å². The highest BCUT2D eigenvalue weighted by Gasteiger charge is 2.27. The van der Waals surface area contributed by atoms with Gasteiger partial charge in [0, 0.05) is 18.2 Å². The number of rotatable bonds is 6. The Morgan fingerprint density at radius 3 is 2.53 bits per heavy atom. The van der Waals surface area contributed by atoms with Crippen LogP contribution in [-0.2, 0) is 11.4 Å². The number of anilines is 2. The van der Waals surface area contributed by atoms with Crippen molar-refractivity contribution in [2.24, 2.45) is 5.92 Å². The van der Waals surface area contributed by atoms with Crippen molar-refractivity contribution >= 4 is 34.9 Å². The number of carbonyl (C=O) groups is 2. The molecule has 0 bridgehead atoms. The fourth-order valence-corrected chi connectivity index (χ4v) is 3.64. The van der Waals surface area contributed by atoms with Gasteiger partial charge in [-0.1, -0.05) is 17.7 Å². The van der Waals surface area contributed by atoms with E-state index >= 15 is 0 Å². The summed E-state index contributed by atoms with van der Waals surface area (Å²) in [4.78, 5) is 32.1. The minimum atomic E-state index is -0.426. The second-order valence-corrected chi connectivity index (χ2v) is 8.18. The quantitative estimate of drug-likeness (QED) is 0.651. The van der Waals surface area contributed by atoms with Crippen molar-refractivity contribution < 1.29 is 14.7 Å². The number of pyridine rings is 1. The van der Waals surface area contributed by atoms with Gasteiger partial charge in [0.25, 0.3) is 5.91 Å². The summed E-state index contributed by atoms with van der Waals surface area (Å²) in [5.41, 5.74) is 1.26. The van der Waals surface area contributed by atoms with E-state index in [4.69, 9.17) is 11.6 Å². The van der Waals surface area contributed by atoms with Gasteiger partial charge in [0.05, 0.1) is 22.9 Å². The van der Waals surface area contributed by atoms with E-state index in [0.29, 0.717) is 28.1 Å². The van der Waals surface area contributed by atoms with Gasteiger partial charge in [-0.05, 0) is 69.6 Å². The van der Waals surface area contributed by atoms with Gasteiger partial charge in [-0.2, -0.15) is 0 Å². The predicted octanol–water partition coefficient (Wildman–Crippen LogP) is 3.54. The molecule has 7 nitrogen and oxygen atoms in total. The van der Waals surface area contributed by atoms with E-state index in [2.05, 4.69) is 34.4 Å². The number of nitrogens with one attached hydrogen (secondary N) is 2. The highest BCUT2D eigenvalue weighted by atomic mass is 35.5. The molecule has 2 amide bonds. The summed E-state index contributed by atoms with van der Waals surface area (Å²) < 4.78 is 0. The summed E-state index contributed by atoms with van der Waals surface area (Å²) in [6.07, 6.45) is 3.01. The second kappa shape index (κ2) is 10.0. The zero-order valence-electron chi connectivity index (χ0n) is 17.2. The third-order valence-electron chi connectivity index (χ3n) is 5.37. The van der Waals surface area contributed by atoms with Gasteiger partial charge in [-0.3, -0.25) is 9.59 Å². The first-order valence-electron chi connectivity index (χ1n) is 10.1. The topological polar surface area (TPSA) is 94.6 Å². The van der Waals surface area contributed by atoms with Crippen LogP contribution in [0.1, 0.15) is 42.6 Å². The summed E-state index contributed by atoms with van der Waals surface area (Å²) in [6.45, 7) is 5.87. The molecule has 0 unspecified atom stereocenters. The Labute approximate surface area is 181 Å². The zero-order chi connectivity index (χ0) is 21.7. The van der Waals surface area contributed by atoms with E-state index in [1.165, 1.54) is 6.20 Å². The minimum Gasteiger partial charge on any atom is -0.392 e. The van der Waals surface area contributed by atoms with Gasteiger partial charge in [0.2, 0.25) is 5.91 Å². The first-order chi connectivity index (χ1) is 14.4. The van der Waals surface area contributed by atoms with Crippen LogP contribution in [0.15, 0.2) is 36.5 Å². The lowest BCUT2D eigenvalue weighted by Crippen LogP contribution is -2.41. The highest BCUT2D eigenvalue weighted by molar-refractivity contribution is 6.30. The van der Waals surface area contributed by atoms with Gasteiger partial charge in [-0.15, -0.1) is 0 Å². The molecular formula is C22H27ClN4O3. The smallest absolute Gasteiger partial charge is 0.258 e. The predicted molar refractivity (Wildman–Crippen MR) is 118 cm³/mol. The van der Waals surface area contributed by atoms with Crippen LogP contribution in [-0.4, -0.2) is 45.9 Å². The number of aliphatic hydroxyl groups is 1. The van der Waals surface area contributed by atoms with E-state index in [1.54, 1.807) is 30.3 Å². The number of nitrogens with zero attached hydrogens (tertiary/aromatic N) is 2. The van der Waals surface area contributed by atoms with Crippen molar-refractivity contribution in [1.82, 2.24) is 9.88 Å². The normalized spacial score (nSPS) is 15.2. The Morgan fingerprint density at radius 2 is 1.93 bits per heavy atom. The Balaban J connectivity index is 1.73. The summed E-state index contributed by atoms with van der Waals surface area (Å²) in [7, 11) is 0. The lowest BCUT2D eigenvalue weighted by molar-refractivity contribution is -0.121. The molecule has 0 aliphatic carbocycles. The number of hydrogen-bond donors (Lipinski definition) is 3. The number of carbonyl (C=O) groups excluding carboxylic acids is 2. The number of hydrogen-bond acceptors (Lipinski definition) is 5. The van der Waals surface area contributed by atoms with Gasteiger partial charge >= 0.3 is 0 Å². The lowest BCUT2D eigenvalue weighted by Gasteiger charge is -2.34. The third kappa shape index (κ3) is 5.56. The molecule has 0 saturated carbocycles. The monoisotopic (exact) mass is 430 g/mol. The summed E-state index contributed by atoms with van der Waals surface area (Å²) in [6, 6.07) is 8.60. The Hall–Kier alpha value is -2.48. The van der Waals surface area contributed by atoms with Crippen LogP contribution < -0.4 is 10.6 Å². The standard InChI is InChI=1S/C22H27ClN4O3/c1-14(2)27-9-7-16(8-10-27)21(29)25-19-5-3-15(13-28)11-18(19)22(30)26-20-6-4-17(23)12-24-20/h3-6,11-12,14,16,28H,7-10,13H2,1-2H3,(H,25,29)(H,24,26,30). The molecule has 30 heavy (non-hydrogen) atoms. The molecule has 1 aliphatic heterocycles. The zero-order valence-corrected chi connectivity index (χ0v) is 17.9. The second-order valence-electron chi connectivity index (χ2n) is 7.75. The third-order valence-corrected chi connectivity index (χ3v) is 5.59. The van der Waals surface area contributed by atoms with Gasteiger partial charge in [-0.25, -0.2) is 4.98 Å². The maximum absolute atomic E-state index is 12.8. The minimum absolute atomic E-state index is 0.0891. The first-order valence-corrected chi connectivity index (χ1v) is 10.5. The van der Waals surface area contributed by atoms with Crippen LogP contribution in [0.25, 0.3) is 0 Å². The number of aromatic nitrogens is 1. The number of piperidine rings is 1. The average Bonchev–Trinajstić information content (AvgIpc) is 2.75. The number of amides is 2. The molecule has 0 spiro atoms. The fraction of sp³-hybridized carbons (Fsp3) is 0.409. The summed E-state index contributed by atoms with van der Waals surface area (Å²) in [5, 5.41) is 15.5. The molecule has 1 fully saturated rings. The Kier molecular flexibility index (Phi) is 7.42. The Morgan fingerprint density at radius 1 is 1.20 bits per heavy atom. The molecule has 2 heterocycles. The van der Waals surface area contributed by atoms with Crippen molar-refractivity contribution in [3.05, 3.63) is 52.7 Å². The van der Waals surface area contributed by atoms with E-state index in [1.807, 2.05) is 0 Å². The summed E-state index contributed by atoms with van der Waals surface area (Å²) in [5.74, 6) is -0.262. The molecule has 2 aromatic rings. The van der Waals surface area contributed by atoms with Crippen LogP contribution in [0.4, 0.5) is 11.5 Å². The lowest BCUT2D eigenvalue weighted by atomic mass is 9.94. The van der Waals surface area contributed by atoms with Crippen molar-refractivity contribution in [3.63, 3.8) is 0 Å². The van der Waals surface area contributed by atoms with Crippen molar-refractivity contribution in [2.75, 3.05) is 23.7 Å². The fourth-order valence-electron chi connectivity index (χ4n) is 3.53. The SMILES string of the molecule is CC(C)N1CCC(C(=O)Nc2ccc(CO)cc2C(=O)Nc2ccc(Cl)cn2)CC1. The van der Waals surface area contributed by atoms with Gasteiger partial charge in [0.15, 0.2) is 0 Å². The van der Waals surface area contributed by atoms with Crippen LogP contribution in [0.3, 0.4) is 0 Å². The number of halogens is 1. The van der Waals surface area contributed by atoms with Crippen molar-refractivity contribution in [2.45, 2.75) is 39.3 Å². The molecule has 8 heteroatoms. The van der Waals surface area contributed by atoms with Crippen LogP contribution in [0, 0.1) is 5.92 Å². The van der Waals surface area contributed by atoms with E-state index in [9.17, 15) is 14.7 Å². The molecule has 1 saturated heterocycles.